The van der Waals surface area contributed by atoms with E-state index in [-0.39, 0.29) is 10.8 Å². The number of aromatic nitrogens is 2. The average Bonchev–Trinajstić information content (AvgIpc) is 3.34. The summed E-state index contributed by atoms with van der Waals surface area (Å²) in [5, 5.41) is 1.24. The number of halogens is 6. The van der Waals surface area contributed by atoms with Crippen LogP contribution in [0.2, 0.25) is 0 Å². The number of aromatic amines is 2. The molecule has 2 aromatic carbocycles. The Balaban J connectivity index is 0.000000215. The van der Waals surface area contributed by atoms with Crippen LogP contribution in [0.1, 0.15) is 90.3 Å². The summed E-state index contributed by atoms with van der Waals surface area (Å²) in [6.07, 6.45) is -6.85. The van der Waals surface area contributed by atoms with E-state index < -0.39 is 29.0 Å². The molecule has 0 bridgehead atoms. The van der Waals surface area contributed by atoms with Crippen molar-refractivity contribution >= 4 is 21.8 Å². The zero-order chi connectivity index (χ0) is 29.1. The molecule has 0 aliphatic rings. The van der Waals surface area contributed by atoms with E-state index in [1.165, 1.54) is 6.07 Å². The van der Waals surface area contributed by atoms with Crippen molar-refractivity contribution in [3.63, 3.8) is 0 Å². The number of fused-ring (bicyclic) bond motifs is 2. The monoisotopic (exact) mass is 538 g/mol. The Labute approximate surface area is 219 Å². The molecule has 38 heavy (non-hydrogen) atoms. The van der Waals surface area contributed by atoms with Crippen molar-refractivity contribution in [2.75, 3.05) is 0 Å². The summed E-state index contributed by atoms with van der Waals surface area (Å²) in [6, 6.07) is 9.46. The summed E-state index contributed by atoms with van der Waals surface area (Å²) in [7, 11) is 0. The van der Waals surface area contributed by atoms with Crippen molar-refractivity contribution in [2.45, 2.75) is 90.9 Å². The molecule has 2 N–H and O–H groups in total. The van der Waals surface area contributed by atoms with Crippen LogP contribution in [0.3, 0.4) is 0 Å². The molecule has 0 radical (unpaired) electrons. The van der Waals surface area contributed by atoms with E-state index in [9.17, 15) is 26.3 Å². The van der Waals surface area contributed by atoms with Gasteiger partial charge < -0.3 is 9.97 Å². The predicted octanol–water partition coefficient (Wildman–Crippen LogP) is 10.3. The summed E-state index contributed by atoms with van der Waals surface area (Å²) in [5.74, 6) is 0. The molecule has 0 saturated heterocycles. The molecule has 0 spiro atoms. The van der Waals surface area contributed by atoms with E-state index in [1.807, 2.05) is 53.8 Å². The molecule has 0 amide bonds. The minimum Gasteiger partial charge on any atom is -0.361 e. The second-order valence-corrected chi connectivity index (χ2v) is 12.9. The minimum atomic E-state index is -4.34. The lowest BCUT2D eigenvalue weighted by atomic mass is 9.81. The highest BCUT2D eigenvalue weighted by atomic mass is 19.4. The van der Waals surface area contributed by atoms with Crippen LogP contribution in [0, 0.1) is 0 Å². The van der Waals surface area contributed by atoms with Gasteiger partial charge >= 0.3 is 12.4 Å². The highest BCUT2D eigenvalue weighted by molar-refractivity contribution is 5.86. The summed E-state index contributed by atoms with van der Waals surface area (Å²) in [5.41, 5.74) is 1.47. The Morgan fingerprint density at radius 2 is 1.13 bits per heavy atom. The van der Waals surface area contributed by atoms with Crippen LogP contribution in [-0.4, -0.2) is 9.97 Å². The molecule has 4 rings (SSSR count). The van der Waals surface area contributed by atoms with E-state index in [4.69, 9.17) is 0 Å². The fourth-order valence-corrected chi connectivity index (χ4v) is 4.39. The maximum Gasteiger partial charge on any atom is 0.431 e. The lowest BCUT2D eigenvalue weighted by Gasteiger charge is -2.25. The quantitative estimate of drug-likeness (QED) is 0.209. The van der Waals surface area contributed by atoms with Gasteiger partial charge in [-0.05, 0) is 57.2 Å². The Bertz CT molecular complexity index is 1420. The molecule has 8 heteroatoms. The van der Waals surface area contributed by atoms with Gasteiger partial charge in [-0.15, -0.1) is 0 Å². The summed E-state index contributed by atoms with van der Waals surface area (Å²) < 4.78 is 77.9. The second-order valence-electron chi connectivity index (χ2n) is 12.9. The number of benzene rings is 2. The van der Waals surface area contributed by atoms with Gasteiger partial charge in [0.25, 0.3) is 0 Å². The van der Waals surface area contributed by atoms with E-state index in [1.54, 1.807) is 39.0 Å². The number of alkyl halides is 6. The van der Waals surface area contributed by atoms with Gasteiger partial charge in [0.15, 0.2) is 0 Å². The number of hydrogen-bond acceptors (Lipinski definition) is 0. The molecular formula is C30H36F6N2. The van der Waals surface area contributed by atoms with Gasteiger partial charge in [-0.3, -0.25) is 0 Å². The molecule has 208 valence electrons. The summed E-state index contributed by atoms with van der Waals surface area (Å²) >= 11 is 0. The number of H-pyrrole nitrogens is 2. The highest BCUT2D eigenvalue weighted by Gasteiger charge is 2.37. The van der Waals surface area contributed by atoms with Crippen molar-refractivity contribution < 1.29 is 26.3 Å². The van der Waals surface area contributed by atoms with Gasteiger partial charge in [-0.1, -0.05) is 74.4 Å². The first-order valence-corrected chi connectivity index (χ1v) is 12.4. The minimum absolute atomic E-state index is 0.0717. The second kappa shape index (κ2) is 9.38. The number of hydrogen-bond donors (Lipinski definition) is 2. The Morgan fingerprint density at radius 3 is 1.61 bits per heavy atom. The third kappa shape index (κ3) is 6.38. The molecule has 2 aromatic heterocycles. The average molecular weight is 539 g/mol. The molecule has 2 heterocycles. The van der Waals surface area contributed by atoms with Crippen LogP contribution < -0.4 is 0 Å². The van der Waals surface area contributed by atoms with Gasteiger partial charge in [0, 0.05) is 28.0 Å². The molecule has 0 saturated carbocycles. The largest absolute Gasteiger partial charge is 0.431 e. The van der Waals surface area contributed by atoms with Gasteiger partial charge in [-0.2, -0.15) is 26.3 Å². The third-order valence-electron chi connectivity index (χ3n) is 6.54. The topological polar surface area (TPSA) is 31.6 Å². The molecule has 0 fully saturated rings. The van der Waals surface area contributed by atoms with E-state index in [2.05, 4.69) is 9.97 Å². The first kappa shape index (κ1) is 29.7. The highest BCUT2D eigenvalue weighted by Crippen LogP contribution is 2.41. The van der Waals surface area contributed by atoms with Crippen molar-refractivity contribution in [3.05, 3.63) is 70.5 Å². The van der Waals surface area contributed by atoms with Crippen LogP contribution in [0.4, 0.5) is 26.3 Å². The van der Waals surface area contributed by atoms with Crippen LogP contribution >= 0.6 is 0 Å². The zero-order valence-electron chi connectivity index (χ0n) is 23.3. The SMILES string of the molecule is CC(C)(C)c1cc2[nH]cc(C(C)(C)C)c2cc1C(F)(F)F.CC(C)(C)c1ccc2cc(C(F)(F)F)[nH]c2c1. The van der Waals surface area contributed by atoms with E-state index >= 15 is 0 Å². The Kier molecular flexibility index (Phi) is 7.32. The van der Waals surface area contributed by atoms with Crippen LogP contribution in [0.5, 0.6) is 0 Å². The molecule has 0 aliphatic carbocycles. The molecular weight excluding hydrogens is 502 g/mol. The van der Waals surface area contributed by atoms with Crippen LogP contribution in [0.15, 0.2) is 42.6 Å². The van der Waals surface area contributed by atoms with E-state index in [0.717, 1.165) is 22.7 Å². The number of nitrogens with one attached hydrogen (secondary N) is 2. The van der Waals surface area contributed by atoms with Gasteiger partial charge in [0.05, 0.1) is 5.56 Å². The normalized spacial score (nSPS) is 13.7. The fraction of sp³-hybridized carbons (Fsp3) is 0.467. The standard InChI is InChI=1S/C17H22F3N.C13H14F3N/c1-15(2,3)11-8-14-10(7-12(11)17(18,19)20)13(9-21-14)16(4,5)6;1-12(2,3)9-5-4-8-6-11(13(14,15)16)17-10(8)7-9/h7-9,21H,1-6H3;4-7,17H,1-3H3. The lowest BCUT2D eigenvalue weighted by Crippen LogP contribution is -2.19. The molecule has 4 aromatic rings. The van der Waals surface area contributed by atoms with E-state index in [0.29, 0.717) is 21.9 Å². The van der Waals surface area contributed by atoms with Crippen molar-refractivity contribution in [2.24, 2.45) is 0 Å². The zero-order valence-corrected chi connectivity index (χ0v) is 23.3. The Morgan fingerprint density at radius 1 is 0.553 bits per heavy atom. The smallest absolute Gasteiger partial charge is 0.361 e. The van der Waals surface area contributed by atoms with Crippen molar-refractivity contribution in [1.29, 1.82) is 0 Å². The molecule has 0 aliphatic heterocycles. The maximum atomic E-state index is 13.4. The molecule has 0 atom stereocenters. The summed E-state index contributed by atoms with van der Waals surface area (Å²) in [6.45, 7) is 17.5. The summed E-state index contributed by atoms with van der Waals surface area (Å²) in [4.78, 5) is 5.54. The van der Waals surface area contributed by atoms with Gasteiger partial charge in [0.1, 0.15) is 5.69 Å². The van der Waals surface area contributed by atoms with Crippen LogP contribution in [0.25, 0.3) is 21.8 Å². The van der Waals surface area contributed by atoms with Crippen molar-refractivity contribution in [3.8, 4) is 0 Å². The molecule has 0 unspecified atom stereocenters. The van der Waals surface area contributed by atoms with Crippen LogP contribution in [-0.2, 0) is 28.6 Å². The van der Waals surface area contributed by atoms with Crippen molar-refractivity contribution in [1.82, 2.24) is 9.97 Å². The maximum absolute atomic E-state index is 13.4. The Hall–Kier alpha value is -2.90. The molecule has 2 nitrogen and oxygen atoms in total. The predicted molar refractivity (Wildman–Crippen MR) is 143 cm³/mol. The first-order chi connectivity index (χ1) is 17.0. The van der Waals surface area contributed by atoms with Gasteiger partial charge in [0.2, 0.25) is 0 Å². The first-order valence-electron chi connectivity index (χ1n) is 12.4. The fourth-order valence-electron chi connectivity index (χ4n) is 4.39. The van der Waals surface area contributed by atoms with Gasteiger partial charge in [-0.25, -0.2) is 0 Å². The number of rotatable bonds is 0. The lowest BCUT2D eigenvalue weighted by molar-refractivity contribution is -0.140. The third-order valence-corrected chi connectivity index (χ3v) is 6.54.